The molecule has 66 valence electrons. The zero-order chi connectivity index (χ0) is 9.19. The lowest BCUT2D eigenvalue weighted by Crippen LogP contribution is -2.37. The quantitative estimate of drug-likeness (QED) is 0.590. The zero-order valence-corrected chi connectivity index (χ0v) is 7.42. The molecule has 1 unspecified atom stereocenters. The first-order chi connectivity index (χ1) is 5.55. The van der Waals surface area contributed by atoms with Gasteiger partial charge in [-0.05, 0) is 13.3 Å². The lowest BCUT2D eigenvalue weighted by atomic mass is 9.89. The van der Waals surface area contributed by atoms with Crippen molar-refractivity contribution in [1.29, 1.82) is 0 Å². The highest BCUT2D eigenvalue weighted by atomic mass is 16.1. The molecule has 3 heteroatoms. The molecule has 0 radical (unpaired) electrons. The van der Waals surface area contributed by atoms with Crippen molar-refractivity contribution in [3.8, 4) is 0 Å². The van der Waals surface area contributed by atoms with Crippen LogP contribution in [-0.4, -0.2) is 18.5 Å². The Kier molecular flexibility index (Phi) is 2.33. The fraction of sp³-hybridized carbons (Fsp3) is 0.444. The van der Waals surface area contributed by atoms with Gasteiger partial charge in [0.15, 0.2) is 0 Å². The largest absolute Gasteiger partial charge is 0.355 e. The molecule has 0 saturated heterocycles. The SMILES string of the molecule is CNC(=O)C1=CC=CC(C)(N)C1. The van der Waals surface area contributed by atoms with E-state index >= 15 is 0 Å². The number of rotatable bonds is 1. The third kappa shape index (κ3) is 1.95. The lowest BCUT2D eigenvalue weighted by Gasteiger charge is -2.23. The van der Waals surface area contributed by atoms with Crippen LogP contribution in [0.15, 0.2) is 23.8 Å². The smallest absolute Gasteiger partial charge is 0.247 e. The van der Waals surface area contributed by atoms with Gasteiger partial charge in [-0.2, -0.15) is 0 Å². The minimum absolute atomic E-state index is 0.0453. The molecule has 0 aromatic heterocycles. The second-order valence-electron chi connectivity index (χ2n) is 3.31. The van der Waals surface area contributed by atoms with Crippen LogP contribution in [0, 0.1) is 0 Å². The summed E-state index contributed by atoms with van der Waals surface area (Å²) in [5, 5.41) is 2.58. The van der Waals surface area contributed by atoms with Gasteiger partial charge in [0.2, 0.25) is 5.91 Å². The van der Waals surface area contributed by atoms with Crippen molar-refractivity contribution in [3.63, 3.8) is 0 Å². The standard InChI is InChI=1S/C9H14N2O/c1-9(10)5-3-4-7(6-9)8(12)11-2/h3-5H,6,10H2,1-2H3,(H,11,12). The van der Waals surface area contributed by atoms with Crippen LogP contribution in [0.1, 0.15) is 13.3 Å². The fourth-order valence-corrected chi connectivity index (χ4v) is 1.23. The molecule has 12 heavy (non-hydrogen) atoms. The van der Waals surface area contributed by atoms with Gasteiger partial charge in [0.25, 0.3) is 0 Å². The molecule has 0 saturated carbocycles. The van der Waals surface area contributed by atoms with E-state index in [4.69, 9.17) is 5.73 Å². The summed E-state index contributed by atoms with van der Waals surface area (Å²) in [5.41, 5.74) is 6.22. The van der Waals surface area contributed by atoms with Gasteiger partial charge in [0.1, 0.15) is 0 Å². The van der Waals surface area contributed by atoms with E-state index in [2.05, 4.69) is 5.32 Å². The highest BCUT2D eigenvalue weighted by Crippen LogP contribution is 2.19. The van der Waals surface area contributed by atoms with Crippen LogP contribution >= 0.6 is 0 Å². The summed E-state index contributed by atoms with van der Waals surface area (Å²) in [6, 6.07) is 0. The third-order valence-corrected chi connectivity index (χ3v) is 1.86. The first kappa shape index (κ1) is 9.00. The molecule has 0 aromatic rings. The highest BCUT2D eigenvalue weighted by molar-refractivity contribution is 5.94. The topological polar surface area (TPSA) is 55.1 Å². The van der Waals surface area contributed by atoms with Gasteiger partial charge in [0, 0.05) is 18.2 Å². The van der Waals surface area contributed by atoms with Gasteiger partial charge in [-0.3, -0.25) is 4.79 Å². The van der Waals surface area contributed by atoms with E-state index < -0.39 is 0 Å². The summed E-state index contributed by atoms with van der Waals surface area (Å²) in [6.07, 6.45) is 6.13. The summed E-state index contributed by atoms with van der Waals surface area (Å²) in [5.74, 6) is -0.0453. The van der Waals surface area contributed by atoms with E-state index in [1.54, 1.807) is 13.1 Å². The van der Waals surface area contributed by atoms with Crippen LogP contribution in [0.2, 0.25) is 0 Å². The Hall–Kier alpha value is -1.09. The number of hydrogen-bond acceptors (Lipinski definition) is 2. The van der Waals surface area contributed by atoms with Crippen molar-refractivity contribution in [2.45, 2.75) is 18.9 Å². The Labute approximate surface area is 72.3 Å². The Morgan fingerprint density at radius 1 is 1.75 bits per heavy atom. The molecular weight excluding hydrogens is 152 g/mol. The van der Waals surface area contributed by atoms with Gasteiger partial charge in [0.05, 0.1) is 0 Å². The van der Waals surface area contributed by atoms with Gasteiger partial charge < -0.3 is 11.1 Å². The normalized spacial score (nSPS) is 28.1. The van der Waals surface area contributed by atoms with Crippen molar-refractivity contribution < 1.29 is 4.79 Å². The predicted octanol–water partition coefficient (Wildman–Crippen LogP) is 0.336. The molecular formula is C9H14N2O. The first-order valence-corrected chi connectivity index (χ1v) is 3.94. The Balaban J connectivity index is 2.76. The maximum absolute atomic E-state index is 11.2. The number of likely N-dealkylation sites (N-methyl/N-ethyl adjacent to an activating group) is 1. The molecule has 3 N–H and O–H groups in total. The van der Waals surface area contributed by atoms with E-state index in [-0.39, 0.29) is 11.4 Å². The maximum atomic E-state index is 11.2. The van der Waals surface area contributed by atoms with Crippen LogP contribution in [0.4, 0.5) is 0 Å². The van der Waals surface area contributed by atoms with Crippen molar-refractivity contribution in [3.05, 3.63) is 23.8 Å². The number of nitrogens with one attached hydrogen (secondary N) is 1. The zero-order valence-electron chi connectivity index (χ0n) is 7.42. The van der Waals surface area contributed by atoms with Crippen LogP contribution in [0.5, 0.6) is 0 Å². The summed E-state index contributed by atoms with van der Waals surface area (Å²) >= 11 is 0. The van der Waals surface area contributed by atoms with Crippen molar-refractivity contribution in [2.24, 2.45) is 5.73 Å². The second kappa shape index (κ2) is 3.11. The average Bonchev–Trinajstić information content (AvgIpc) is 2.01. The fourth-order valence-electron chi connectivity index (χ4n) is 1.23. The minimum atomic E-state index is -0.378. The molecule has 1 rings (SSSR count). The predicted molar refractivity (Wildman–Crippen MR) is 48.5 cm³/mol. The molecule has 1 aliphatic rings. The van der Waals surface area contributed by atoms with Crippen molar-refractivity contribution in [1.82, 2.24) is 5.32 Å². The van der Waals surface area contributed by atoms with Crippen molar-refractivity contribution >= 4 is 5.91 Å². The number of carbonyl (C=O) groups excluding carboxylic acids is 1. The molecule has 0 heterocycles. The monoisotopic (exact) mass is 166 g/mol. The summed E-state index contributed by atoms with van der Waals surface area (Å²) in [6.45, 7) is 1.90. The Bertz CT molecular complexity index is 251. The van der Waals surface area contributed by atoms with E-state index in [9.17, 15) is 4.79 Å². The Morgan fingerprint density at radius 3 is 2.92 bits per heavy atom. The summed E-state index contributed by atoms with van der Waals surface area (Å²) in [4.78, 5) is 11.2. The van der Waals surface area contributed by atoms with Gasteiger partial charge in [-0.1, -0.05) is 18.2 Å². The van der Waals surface area contributed by atoms with E-state index in [0.717, 1.165) is 5.57 Å². The summed E-state index contributed by atoms with van der Waals surface area (Å²) < 4.78 is 0. The first-order valence-electron chi connectivity index (χ1n) is 3.94. The number of amides is 1. The highest BCUT2D eigenvalue weighted by Gasteiger charge is 2.22. The van der Waals surface area contributed by atoms with Crippen LogP contribution in [0.25, 0.3) is 0 Å². The molecule has 0 spiro atoms. The van der Waals surface area contributed by atoms with E-state index in [0.29, 0.717) is 6.42 Å². The molecule has 0 aromatic carbocycles. The minimum Gasteiger partial charge on any atom is -0.355 e. The van der Waals surface area contributed by atoms with Gasteiger partial charge in [-0.15, -0.1) is 0 Å². The van der Waals surface area contributed by atoms with Gasteiger partial charge >= 0.3 is 0 Å². The van der Waals surface area contributed by atoms with Crippen LogP contribution in [0.3, 0.4) is 0 Å². The van der Waals surface area contributed by atoms with Gasteiger partial charge in [-0.25, -0.2) is 0 Å². The lowest BCUT2D eigenvalue weighted by molar-refractivity contribution is -0.117. The molecule has 0 bridgehead atoms. The summed E-state index contributed by atoms with van der Waals surface area (Å²) in [7, 11) is 1.62. The van der Waals surface area contributed by atoms with E-state index in [1.165, 1.54) is 0 Å². The van der Waals surface area contributed by atoms with Crippen molar-refractivity contribution in [2.75, 3.05) is 7.05 Å². The molecule has 0 fully saturated rings. The number of carbonyl (C=O) groups is 1. The molecule has 1 aliphatic carbocycles. The maximum Gasteiger partial charge on any atom is 0.247 e. The molecule has 1 amide bonds. The number of allylic oxidation sites excluding steroid dienone is 2. The molecule has 0 aliphatic heterocycles. The number of nitrogens with two attached hydrogens (primary N) is 1. The van der Waals surface area contributed by atoms with Crippen LogP contribution in [-0.2, 0) is 4.79 Å². The van der Waals surface area contributed by atoms with E-state index in [1.807, 2.05) is 19.1 Å². The van der Waals surface area contributed by atoms with Crippen LogP contribution < -0.4 is 11.1 Å². The molecule has 1 atom stereocenters. The second-order valence-corrected chi connectivity index (χ2v) is 3.31. The Morgan fingerprint density at radius 2 is 2.42 bits per heavy atom. The third-order valence-electron chi connectivity index (χ3n) is 1.86. The molecule has 3 nitrogen and oxygen atoms in total. The average molecular weight is 166 g/mol. The number of hydrogen-bond donors (Lipinski definition) is 2.